The Morgan fingerprint density at radius 3 is 2.92 bits per heavy atom. The Morgan fingerprint density at radius 1 is 1.23 bits per heavy atom. The van der Waals surface area contributed by atoms with Crippen molar-refractivity contribution in [3.05, 3.63) is 66.4 Å². The first-order valence-corrected chi connectivity index (χ1v) is 8.60. The SMILES string of the molecule is Cc1ccnc(Nc2nc(-c3cccc(C#N)c3)c(-n3cncn3)s2)c1. The summed E-state index contributed by atoms with van der Waals surface area (Å²) in [6.07, 6.45) is 4.85. The highest BCUT2D eigenvalue weighted by atomic mass is 32.1. The van der Waals surface area contributed by atoms with Crippen LogP contribution >= 0.6 is 11.3 Å². The van der Waals surface area contributed by atoms with Gasteiger partial charge in [-0.2, -0.15) is 10.4 Å². The number of nitrogens with one attached hydrogen (secondary N) is 1. The van der Waals surface area contributed by atoms with E-state index in [9.17, 15) is 5.26 Å². The van der Waals surface area contributed by atoms with Crippen molar-refractivity contribution in [2.45, 2.75) is 6.92 Å². The molecule has 0 spiro atoms. The molecule has 0 aliphatic heterocycles. The summed E-state index contributed by atoms with van der Waals surface area (Å²) in [5, 5.41) is 18.1. The number of benzene rings is 1. The van der Waals surface area contributed by atoms with Crippen molar-refractivity contribution in [2.24, 2.45) is 0 Å². The number of anilines is 2. The average Bonchev–Trinajstić information content (AvgIpc) is 3.31. The molecule has 0 amide bonds. The monoisotopic (exact) mass is 359 g/mol. The van der Waals surface area contributed by atoms with E-state index in [1.807, 2.05) is 37.3 Å². The number of rotatable bonds is 4. The number of thiazole rings is 1. The van der Waals surface area contributed by atoms with E-state index < -0.39 is 0 Å². The Balaban J connectivity index is 1.79. The molecule has 0 aliphatic rings. The highest BCUT2D eigenvalue weighted by molar-refractivity contribution is 7.18. The molecule has 7 nitrogen and oxygen atoms in total. The van der Waals surface area contributed by atoms with Crippen molar-refractivity contribution < 1.29 is 0 Å². The van der Waals surface area contributed by atoms with Gasteiger partial charge in [-0.05, 0) is 36.8 Å². The molecule has 1 N–H and O–H groups in total. The molecule has 126 valence electrons. The topological polar surface area (TPSA) is 92.3 Å². The van der Waals surface area contributed by atoms with Gasteiger partial charge in [0.25, 0.3) is 0 Å². The van der Waals surface area contributed by atoms with Gasteiger partial charge in [-0.25, -0.2) is 19.6 Å². The smallest absolute Gasteiger partial charge is 0.190 e. The largest absolute Gasteiger partial charge is 0.316 e. The van der Waals surface area contributed by atoms with Gasteiger partial charge in [0.1, 0.15) is 29.2 Å². The van der Waals surface area contributed by atoms with Crippen molar-refractivity contribution in [3.63, 3.8) is 0 Å². The van der Waals surface area contributed by atoms with Crippen LogP contribution in [0.4, 0.5) is 10.9 Å². The van der Waals surface area contributed by atoms with Crippen LogP contribution in [0.3, 0.4) is 0 Å². The van der Waals surface area contributed by atoms with Crippen LogP contribution in [0.25, 0.3) is 16.3 Å². The van der Waals surface area contributed by atoms with E-state index in [1.165, 1.54) is 17.7 Å². The van der Waals surface area contributed by atoms with Crippen molar-refractivity contribution in [3.8, 4) is 22.3 Å². The maximum absolute atomic E-state index is 9.17. The normalized spacial score (nSPS) is 10.5. The average molecular weight is 359 g/mol. The minimum atomic E-state index is 0.579. The summed E-state index contributed by atoms with van der Waals surface area (Å²) in [4.78, 5) is 13.0. The molecule has 8 heteroatoms. The molecule has 3 heterocycles. The van der Waals surface area contributed by atoms with Gasteiger partial charge < -0.3 is 5.32 Å². The number of nitriles is 1. The quantitative estimate of drug-likeness (QED) is 0.597. The second-order valence-electron chi connectivity index (χ2n) is 5.55. The number of hydrogen-bond donors (Lipinski definition) is 1. The van der Waals surface area contributed by atoms with Gasteiger partial charge in [0, 0.05) is 11.8 Å². The van der Waals surface area contributed by atoms with Crippen LogP contribution in [0, 0.1) is 18.3 Å². The van der Waals surface area contributed by atoms with Gasteiger partial charge in [-0.15, -0.1) is 0 Å². The fourth-order valence-electron chi connectivity index (χ4n) is 2.47. The molecule has 0 unspecified atom stereocenters. The molecule has 0 saturated heterocycles. The molecule has 0 saturated carbocycles. The molecule has 0 radical (unpaired) electrons. The molecule has 0 atom stereocenters. The zero-order valence-electron chi connectivity index (χ0n) is 13.8. The molecule has 4 rings (SSSR count). The molecule has 4 aromatic rings. The Bertz CT molecular complexity index is 1090. The standard InChI is InChI=1S/C18H13N7S/c1-12-5-6-21-15(7-12)23-18-24-16(14-4-2-3-13(8-14)9-19)17(26-18)25-11-20-10-22-25/h2-8,10-11H,1H3,(H,21,23,24). The van der Waals surface area contributed by atoms with Crippen LogP contribution in [-0.2, 0) is 0 Å². The third kappa shape index (κ3) is 3.16. The van der Waals surface area contributed by atoms with Gasteiger partial charge in [0.15, 0.2) is 5.13 Å². The van der Waals surface area contributed by atoms with Crippen molar-refractivity contribution in [1.82, 2.24) is 24.7 Å². The number of pyridine rings is 1. The summed E-state index contributed by atoms with van der Waals surface area (Å²) in [5.74, 6) is 0.723. The number of nitrogens with zero attached hydrogens (tertiary/aromatic N) is 6. The lowest BCUT2D eigenvalue weighted by Crippen LogP contribution is -1.94. The highest BCUT2D eigenvalue weighted by Crippen LogP contribution is 2.35. The fraction of sp³-hybridized carbons (Fsp3) is 0.0556. The maximum atomic E-state index is 9.17. The second-order valence-corrected chi connectivity index (χ2v) is 6.53. The minimum absolute atomic E-state index is 0.579. The molecule has 0 aliphatic carbocycles. The van der Waals surface area contributed by atoms with Crippen LogP contribution in [0.2, 0.25) is 0 Å². The molecule has 26 heavy (non-hydrogen) atoms. The molecular formula is C18H13N7S. The second kappa shape index (κ2) is 6.74. The Hall–Kier alpha value is -3.57. The highest BCUT2D eigenvalue weighted by Gasteiger charge is 2.16. The predicted molar refractivity (Wildman–Crippen MR) is 99.4 cm³/mol. The Morgan fingerprint density at radius 2 is 2.15 bits per heavy atom. The Labute approximate surface area is 153 Å². The molecule has 0 bridgehead atoms. The van der Waals surface area contributed by atoms with Gasteiger partial charge in [0.2, 0.25) is 0 Å². The van der Waals surface area contributed by atoms with Crippen LogP contribution in [0.5, 0.6) is 0 Å². The van der Waals surface area contributed by atoms with E-state index in [0.29, 0.717) is 10.7 Å². The van der Waals surface area contributed by atoms with E-state index in [2.05, 4.69) is 26.5 Å². The van der Waals surface area contributed by atoms with Crippen molar-refractivity contribution in [1.29, 1.82) is 5.26 Å². The molecule has 3 aromatic heterocycles. The summed E-state index contributed by atoms with van der Waals surface area (Å²) in [5.41, 5.74) is 3.26. The van der Waals surface area contributed by atoms with Crippen LogP contribution < -0.4 is 5.32 Å². The first-order chi connectivity index (χ1) is 12.7. The van der Waals surface area contributed by atoms with Crippen LogP contribution in [-0.4, -0.2) is 24.7 Å². The van der Waals surface area contributed by atoms with Crippen LogP contribution in [0.1, 0.15) is 11.1 Å². The zero-order chi connectivity index (χ0) is 17.9. The first-order valence-electron chi connectivity index (χ1n) is 7.79. The first kappa shape index (κ1) is 15.9. The summed E-state index contributed by atoms with van der Waals surface area (Å²) in [6, 6.07) is 13.4. The fourth-order valence-corrected chi connectivity index (χ4v) is 3.40. The third-order valence-corrected chi connectivity index (χ3v) is 4.61. The van der Waals surface area contributed by atoms with Crippen molar-refractivity contribution >= 4 is 22.3 Å². The van der Waals surface area contributed by atoms with Gasteiger partial charge in [0.05, 0.1) is 11.6 Å². The van der Waals surface area contributed by atoms with E-state index in [-0.39, 0.29) is 0 Å². The van der Waals surface area contributed by atoms with Crippen molar-refractivity contribution in [2.75, 3.05) is 5.32 Å². The number of aromatic nitrogens is 5. The zero-order valence-corrected chi connectivity index (χ0v) is 14.6. The van der Waals surface area contributed by atoms with E-state index in [4.69, 9.17) is 4.98 Å². The lowest BCUT2D eigenvalue weighted by molar-refractivity contribution is 0.895. The number of aryl methyl sites for hydroxylation is 1. The van der Waals surface area contributed by atoms with Crippen LogP contribution in [0.15, 0.2) is 55.2 Å². The lowest BCUT2D eigenvalue weighted by Gasteiger charge is -2.02. The van der Waals surface area contributed by atoms with Gasteiger partial charge in [-0.3, -0.25) is 0 Å². The van der Waals surface area contributed by atoms with Gasteiger partial charge in [-0.1, -0.05) is 23.5 Å². The lowest BCUT2D eigenvalue weighted by atomic mass is 10.1. The summed E-state index contributed by atoms with van der Waals surface area (Å²) >= 11 is 1.44. The molecule has 1 aromatic carbocycles. The van der Waals surface area contributed by atoms with E-state index in [1.54, 1.807) is 23.3 Å². The minimum Gasteiger partial charge on any atom is -0.316 e. The molecule has 0 fully saturated rings. The maximum Gasteiger partial charge on any atom is 0.190 e. The summed E-state index contributed by atoms with van der Waals surface area (Å²) in [6.45, 7) is 2.01. The summed E-state index contributed by atoms with van der Waals surface area (Å²) in [7, 11) is 0. The Kier molecular flexibility index (Phi) is 4.13. The molecular weight excluding hydrogens is 346 g/mol. The van der Waals surface area contributed by atoms with Gasteiger partial charge >= 0.3 is 0 Å². The third-order valence-electron chi connectivity index (χ3n) is 3.65. The predicted octanol–water partition coefficient (Wildman–Crippen LogP) is 3.71. The summed E-state index contributed by atoms with van der Waals surface area (Å²) < 4.78 is 1.67. The van der Waals surface area contributed by atoms with E-state index in [0.717, 1.165) is 27.6 Å². The van der Waals surface area contributed by atoms with E-state index >= 15 is 0 Å². The number of hydrogen-bond acceptors (Lipinski definition) is 7.